The minimum atomic E-state index is 0.0408. The second kappa shape index (κ2) is 6.59. The molecule has 6 aromatic rings. The monoisotopic (exact) mass is 438 g/mol. The number of nitrogens with zero attached hydrogens (tertiary/aromatic N) is 2. The van der Waals surface area contributed by atoms with E-state index >= 15 is 0 Å². The topological polar surface area (TPSA) is 25.8 Å². The Morgan fingerprint density at radius 1 is 0.774 bits per heavy atom. The van der Waals surface area contributed by atoms with Crippen LogP contribution < -0.4 is 0 Å². The SMILES string of the molecule is Cc1cc2cc3sc4ncnc(-c5cc(C(C)(C)C)c6ccccc6c5)c4c3cc2s1. The van der Waals surface area contributed by atoms with Crippen molar-refractivity contribution in [2.45, 2.75) is 33.1 Å². The Balaban J connectivity index is 1.71. The first-order valence-electron chi connectivity index (χ1n) is 10.5. The number of aromatic nitrogens is 2. The van der Waals surface area contributed by atoms with Crippen LogP contribution in [0.25, 0.3) is 52.4 Å². The first kappa shape index (κ1) is 18.9. The molecule has 0 aliphatic carbocycles. The highest BCUT2D eigenvalue weighted by molar-refractivity contribution is 7.26. The predicted molar refractivity (Wildman–Crippen MR) is 137 cm³/mol. The maximum absolute atomic E-state index is 4.81. The number of hydrogen-bond acceptors (Lipinski definition) is 4. The molecule has 0 spiro atoms. The molecule has 0 fully saturated rings. The minimum absolute atomic E-state index is 0.0408. The van der Waals surface area contributed by atoms with E-state index in [9.17, 15) is 0 Å². The maximum Gasteiger partial charge on any atom is 0.128 e. The Kier molecular flexibility index (Phi) is 4.02. The van der Waals surface area contributed by atoms with Gasteiger partial charge in [0.25, 0.3) is 0 Å². The summed E-state index contributed by atoms with van der Waals surface area (Å²) in [6.45, 7) is 9.02. The van der Waals surface area contributed by atoms with Gasteiger partial charge in [-0.2, -0.15) is 0 Å². The van der Waals surface area contributed by atoms with Crippen LogP contribution >= 0.6 is 22.7 Å². The van der Waals surface area contributed by atoms with Crippen LogP contribution in [-0.2, 0) is 5.41 Å². The van der Waals surface area contributed by atoms with E-state index < -0.39 is 0 Å². The molecule has 2 nitrogen and oxygen atoms in total. The third-order valence-electron chi connectivity index (χ3n) is 5.97. The molecule has 0 aliphatic heterocycles. The first-order chi connectivity index (χ1) is 14.9. The van der Waals surface area contributed by atoms with Crippen LogP contribution in [0, 0.1) is 6.92 Å². The van der Waals surface area contributed by atoms with Crippen molar-refractivity contribution in [2.75, 3.05) is 0 Å². The summed E-state index contributed by atoms with van der Waals surface area (Å²) in [6, 6.07) is 20.2. The Hall–Kier alpha value is -2.82. The van der Waals surface area contributed by atoms with E-state index in [0.717, 1.165) is 16.1 Å². The van der Waals surface area contributed by atoms with Gasteiger partial charge in [0.05, 0.1) is 5.69 Å². The van der Waals surface area contributed by atoms with Gasteiger partial charge < -0.3 is 0 Å². The van der Waals surface area contributed by atoms with Gasteiger partial charge in [0.1, 0.15) is 11.2 Å². The molecule has 3 aromatic carbocycles. The summed E-state index contributed by atoms with van der Waals surface area (Å²) in [4.78, 5) is 11.9. The summed E-state index contributed by atoms with van der Waals surface area (Å²) < 4.78 is 2.60. The van der Waals surface area contributed by atoms with Gasteiger partial charge in [-0.1, -0.05) is 45.0 Å². The fraction of sp³-hybridized carbons (Fsp3) is 0.185. The van der Waals surface area contributed by atoms with E-state index in [1.165, 1.54) is 46.8 Å². The smallest absolute Gasteiger partial charge is 0.128 e. The van der Waals surface area contributed by atoms with Crippen molar-refractivity contribution in [2.24, 2.45) is 0 Å². The Morgan fingerprint density at radius 2 is 1.61 bits per heavy atom. The molecule has 0 saturated carbocycles. The van der Waals surface area contributed by atoms with Crippen LogP contribution in [0.1, 0.15) is 31.2 Å². The van der Waals surface area contributed by atoms with Crippen LogP contribution in [0.4, 0.5) is 0 Å². The lowest BCUT2D eigenvalue weighted by Gasteiger charge is -2.22. The highest BCUT2D eigenvalue weighted by Crippen LogP contribution is 2.42. The van der Waals surface area contributed by atoms with Gasteiger partial charge in [0.15, 0.2) is 0 Å². The van der Waals surface area contributed by atoms with Crippen LogP contribution in [0.2, 0.25) is 0 Å². The quantitative estimate of drug-likeness (QED) is 0.257. The standard InChI is InChI=1S/C27H22N2S2/c1-15-9-17-12-23-20(13-22(17)30-15)24-25(28-14-29-26(24)31-23)18-10-16-7-5-6-8-19(16)21(11-18)27(2,3)4/h5-14H,1-4H3. The van der Waals surface area contributed by atoms with Gasteiger partial charge in [-0.05, 0) is 64.4 Å². The summed E-state index contributed by atoms with van der Waals surface area (Å²) in [7, 11) is 0. The van der Waals surface area contributed by atoms with Crippen LogP contribution in [0.3, 0.4) is 0 Å². The number of benzene rings is 3. The van der Waals surface area contributed by atoms with Crippen molar-refractivity contribution in [3.05, 3.63) is 71.4 Å². The van der Waals surface area contributed by atoms with Gasteiger partial charge in [-0.3, -0.25) is 0 Å². The van der Waals surface area contributed by atoms with Gasteiger partial charge in [0.2, 0.25) is 0 Å². The molecule has 31 heavy (non-hydrogen) atoms. The van der Waals surface area contributed by atoms with E-state index in [1.54, 1.807) is 17.7 Å². The molecule has 0 bridgehead atoms. The summed E-state index contributed by atoms with van der Waals surface area (Å²) in [5.41, 5.74) is 3.58. The molecule has 0 amide bonds. The van der Waals surface area contributed by atoms with Crippen molar-refractivity contribution < 1.29 is 0 Å². The zero-order valence-corrected chi connectivity index (χ0v) is 19.6. The second-order valence-corrected chi connectivity index (χ2v) is 11.6. The number of fused-ring (bicyclic) bond motifs is 5. The van der Waals surface area contributed by atoms with E-state index in [-0.39, 0.29) is 5.41 Å². The lowest BCUT2D eigenvalue weighted by molar-refractivity contribution is 0.596. The maximum atomic E-state index is 4.81. The molecule has 152 valence electrons. The predicted octanol–water partition coefficient (Wildman–Crippen LogP) is 8.49. The van der Waals surface area contributed by atoms with Gasteiger partial charge in [-0.15, -0.1) is 22.7 Å². The normalized spacial score (nSPS) is 12.5. The fourth-order valence-electron chi connectivity index (χ4n) is 4.56. The molecule has 0 N–H and O–H groups in total. The highest BCUT2D eigenvalue weighted by atomic mass is 32.1. The molecular weight excluding hydrogens is 416 g/mol. The molecule has 0 saturated heterocycles. The summed E-state index contributed by atoms with van der Waals surface area (Å²) >= 11 is 3.61. The van der Waals surface area contributed by atoms with Crippen molar-refractivity contribution in [3.63, 3.8) is 0 Å². The third kappa shape index (κ3) is 2.97. The second-order valence-electron chi connectivity index (χ2n) is 9.24. The first-order valence-corrected chi connectivity index (χ1v) is 12.1. The van der Waals surface area contributed by atoms with Gasteiger partial charge in [0, 0.05) is 30.6 Å². The zero-order valence-electron chi connectivity index (χ0n) is 18.0. The molecule has 3 aromatic heterocycles. The molecule has 3 heterocycles. The number of rotatable bonds is 1. The summed E-state index contributed by atoms with van der Waals surface area (Å²) in [5.74, 6) is 0. The van der Waals surface area contributed by atoms with Crippen molar-refractivity contribution >= 4 is 63.8 Å². The summed E-state index contributed by atoms with van der Waals surface area (Å²) in [6.07, 6.45) is 1.71. The molecule has 0 aliphatic rings. The Labute approximate surface area is 189 Å². The zero-order chi connectivity index (χ0) is 21.3. The number of thiophene rings is 2. The average molecular weight is 439 g/mol. The van der Waals surface area contributed by atoms with E-state index in [4.69, 9.17) is 4.98 Å². The minimum Gasteiger partial charge on any atom is -0.236 e. The number of hydrogen-bond donors (Lipinski definition) is 0. The van der Waals surface area contributed by atoms with Crippen LogP contribution in [-0.4, -0.2) is 9.97 Å². The lowest BCUT2D eigenvalue weighted by Crippen LogP contribution is -2.12. The highest BCUT2D eigenvalue weighted by Gasteiger charge is 2.20. The largest absolute Gasteiger partial charge is 0.236 e. The summed E-state index contributed by atoms with van der Waals surface area (Å²) in [5, 5.41) is 6.32. The van der Waals surface area contributed by atoms with Gasteiger partial charge >= 0.3 is 0 Å². The van der Waals surface area contributed by atoms with Crippen molar-refractivity contribution in [1.29, 1.82) is 0 Å². The Bertz CT molecular complexity index is 1630. The van der Waals surface area contributed by atoms with Crippen molar-refractivity contribution in [3.8, 4) is 11.3 Å². The molecule has 0 unspecified atom stereocenters. The molecule has 0 atom stereocenters. The van der Waals surface area contributed by atoms with Crippen molar-refractivity contribution in [1.82, 2.24) is 9.97 Å². The molecule has 4 heteroatoms. The fourth-order valence-corrected chi connectivity index (χ4v) is 6.58. The molecular formula is C27H22N2S2. The van der Waals surface area contributed by atoms with Crippen LogP contribution in [0.15, 0.2) is 60.9 Å². The Morgan fingerprint density at radius 3 is 2.45 bits per heavy atom. The van der Waals surface area contributed by atoms with E-state index in [1.807, 2.05) is 11.3 Å². The number of aryl methyl sites for hydroxylation is 1. The van der Waals surface area contributed by atoms with E-state index in [0.29, 0.717) is 0 Å². The average Bonchev–Trinajstić information content (AvgIpc) is 3.28. The molecule has 0 radical (unpaired) electrons. The molecule has 6 rings (SSSR count). The van der Waals surface area contributed by atoms with E-state index in [2.05, 4.69) is 87.3 Å². The van der Waals surface area contributed by atoms with Crippen LogP contribution in [0.5, 0.6) is 0 Å². The lowest BCUT2D eigenvalue weighted by atomic mass is 9.82. The van der Waals surface area contributed by atoms with Gasteiger partial charge in [-0.25, -0.2) is 9.97 Å². The third-order valence-corrected chi connectivity index (χ3v) is 8.05.